The van der Waals surface area contributed by atoms with Gasteiger partial charge in [0.25, 0.3) is 0 Å². The number of hydrogen-bond acceptors (Lipinski definition) is 2. The third-order valence-electron chi connectivity index (χ3n) is 3.41. The molecule has 0 amide bonds. The van der Waals surface area contributed by atoms with Gasteiger partial charge in [-0.25, -0.2) is 0 Å². The topological polar surface area (TPSA) is 40.5 Å². The molecule has 2 N–H and O–H groups in total. The summed E-state index contributed by atoms with van der Waals surface area (Å²) < 4.78 is 0. The molecule has 0 saturated carbocycles. The summed E-state index contributed by atoms with van der Waals surface area (Å²) in [5.74, 6) is 0.728. The quantitative estimate of drug-likeness (QED) is 0.635. The molecule has 0 aliphatic heterocycles. The SMILES string of the molecule is CCC(CC)CCC(O)(CC)CCO. The lowest BCUT2D eigenvalue weighted by atomic mass is 9.86. The standard InChI is InChI=1S/C12H26O2/c1-4-11(5-2)7-8-12(14,6-3)9-10-13/h11,13-14H,4-10H2,1-3H3. The molecule has 0 fully saturated rings. The van der Waals surface area contributed by atoms with E-state index in [-0.39, 0.29) is 6.61 Å². The van der Waals surface area contributed by atoms with Crippen molar-refractivity contribution >= 4 is 0 Å². The molecule has 0 saturated heterocycles. The highest BCUT2D eigenvalue weighted by Gasteiger charge is 2.24. The Hall–Kier alpha value is -0.0800. The van der Waals surface area contributed by atoms with Gasteiger partial charge in [0.15, 0.2) is 0 Å². The van der Waals surface area contributed by atoms with Gasteiger partial charge in [-0.3, -0.25) is 0 Å². The van der Waals surface area contributed by atoms with Gasteiger partial charge < -0.3 is 10.2 Å². The lowest BCUT2D eigenvalue weighted by molar-refractivity contribution is -0.00108. The van der Waals surface area contributed by atoms with Gasteiger partial charge in [-0.1, -0.05) is 33.6 Å². The highest BCUT2D eigenvalue weighted by molar-refractivity contribution is 4.77. The van der Waals surface area contributed by atoms with E-state index in [1.807, 2.05) is 6.92 Å². The molecular weight excluding hydrogens is 176 g/mol. The van der Waals surface area contributed by atoms with Crippen LogP contribution in [0.25, 0.3) is 0 Å². The number of aliphatic hydroxyl groups is 2. The smallest absolute Gasteiger partial charge is 0.0667 e. The number of rotatable bonds is 8. The molecule has 0 bridgehead atoms. The summed E-state index contributed by atoms with van der Waals surface area (Å²) in [6.45, 7) is 6.48. The van der Waals surface area contributed by atoms with Crippen molar-refractivity contribution in [1.82, 2.24) is 0 Å². The van der Waals surface area contributed by atoms with E-state index in [0.717, 1.165) is 25.2 Å². The summed E-state index contributed by atoms with van der Waals surface area (Å²) in [5.41, 5.74) is -0.628. The molecule has 86 valence electrons. The van der Waals surface area contributed by atoms with Crippen molar-refractivity contribution in [2.75, 3.05) is 6.61 Å². The average molecular weight is 202 g/mol. The van der Waals surface area contributed by atoms with Gasteiger partial charge in [-0.05, 0) is 31.6 Å². The lowest BCUT2D eigenvalue weighted by Crippen LogP contribution is -2.29. The molecule has 0 radical (unpaired) electrons. The first-order valence-electron chi connectivity index (χ1n) is 5.95. The monoisotopic (exact) mass is 202 g/mol. The van der Waals surface area contributed by atoms with Crippen LogP contribution in [0, 0.1) is 5.92 Å². The van der Waals surface area contributed by atoms with Crippen LogP contribution in [-0.4, -0.2) is 22.4 Å². The van der Waals surface area contributed by atoms with Gasteiger partial charge in [0.1, 0.15) is 0 Å². The Kier molecular flexibility index (Phi) is 7.20. The fraction of sp³-hybridized carbons (Fsp3) is 1.00. The summed E-state index contributed by atoms with van der Waals surface area (Å²) in [6, 6.07) is 0. The largest absolute Gasteiger partial charge is 0.396 e. The average Bonchev–Trinajstić information content (AvgIpc) is 2.20. The summed E-state index contributed by atoms with van der Waals surface area (Å²) in [5, 5.41) is 19.0. The maximum absolute atomic E-state index is 10.1. The molecule has 0 aromatic carbocycles. The predicted molar refractivity (Wildman–Crippen MR) is 60.2 cm³/mol. The van der Waals surface area contributed by atoms with E-state index in [1.54, 1.807) is 0 Å². The molecular formula is C12H26O2. The van der Waals surface area contributed by atoms with Crippen molar-refractivity contribution in [3.05, 3.63) is 0 Å². The summed E-state index contributed by atoms with van der Waals surface area (Å²) in [4.78, 5) is 0. The maximum Gasteiger partial charge on any atom is 0.0667 e. The molecule has 1 atom stereocenters. The second-order valence-electron chi connectivity index (χ2n) is 4.27. The van der Waals surface area contributed by atoms with Gasteiger partial charge >= 0.3 is 0 Å². The Morgan fingerprint density at radius 1 is 1.07 bits per heavy atom. The van der Waals surface area contributed by atoms with Crippen LogP contribution < -0.4 is 0 Å². The van der Waals surface area contributed by atoms with Crippen molar-refractivity contribution in [1.29, 1.82) is 0 Å². The highest BCUT2D eigenvalue weighted by Crippen LogP contribution is 2.26. The normalized spacial score (nSPS) is 15.9. The van der Waals surface area contributed by atoms with Gasteiger partial charge in [0, 0.05) is 6.61 Å². The molecule has 2 nitrogen and oxygen atoms in total. The highest BCUT2D eigenvalue weighted by atomic mass is 16.3. The summed E-state index contributed by atoms with van der Waals surface area (Å²) in [7, 11) is 0. The zero-order valence-electron chi connectivity index (χ0n) is 9.92. The van der Waals surface area contributed by atoms with E-state index >= 15 is 0 Å². The van der Waals surface area contributed by atoms with Crippen molar-refractivity contribution in [2.24, 2.45) is 5.92 Å². The van der Waals surface area contributed by atoms with E-state index < -0.39 is 5.60 Å². The van der Waals surface area contributed by atoms with Crippen LogP contribution in [-0.2, 0) is 0 Å². The first-order valence-corrected chi connectivity index (χ1v) is 5.95. The first-order chi connectivity index (χ1) is 6.61. The molecule has 0 aliphatic carbocycles. The van der Waals surface area contributed by atoms with Crippen molar-refractivity contribution in [3.63, 3.8) is 0 Å². The first kappa shape index (κ1) is 13.9. The fourth-order valence-electron chi connectivity index (χ4n) is 1.86. The number of hydrogen-bond donors (Lipinski definition) is 2. The Labute approximate surface area is 88.3 Å². The van der Waals surface area contributed by atoms with Crippen LogP contribution in [0.1, 0.15) is 59.3 Å². The summed E-state index contributed by atoms with van der Waals surface area (Å²) in [6.07, 6.45) is 5.55. The third-order valence-corrected chi connectivity index (χ3v) is 3.41. The molecule has 14 heavy (non-hydrogen) atoms. The van der Waals surface area contributed by atoms with Crippen molar-refractivity contribution in [2.45, 2.75) is 64.9 Å². The Morgan fingerprint density at radius 2 is 1.64 bits per heavy atom. The van der Waals surface area contributed by atoms with Crippen LogP contribution in [0.2, 0.25) is 0 Å². The van der Waals surface area contributed by atoms with Gasteiger partial charge in [0.2, 0.25) is 0 Å². The number of aliphatic hydroxyl groups excluding tert-OH is 1. The Bertz CT molecular complexity index is 132. The van der Waals surface area contributed by atoms with Crippen molar-refractivity contribution < 1.29 is 10.2 Å². The third kappa shape index (κ3) is 4.97. The second-order valence-corrected chi connectivity index (χ2v) is 4.27. The fourth-order valence-corrected chi connectivity index (χ4v) is 1.86. The van der Waals surface area contributed by atoms with E-state index in [2.05, 4.69) is 13.8 Å². The molecule has 0 spiro atoms. The molecule has 1 unspecified atom stereocenters. The van der Waals surface area contributed by atoms with Crippen LogP contribution in [0.4, 0.5) is 0 Å². The van der Waals surface area contributed by atoms with Crippen LogP contribution >= 0.6 is 0 Å². The Morgan fingerprint density at radius 3 is 2.00 bits per heavy atom. The molecule has 0 aliphatic rings. The van der Waals surface area contributed by atoms with E-state index in [4.69, 9.17) is 5.11 Å². The minimum absolute atomic E-state index is 0.0905. The van der Waals surface area contributed by atoms with E-state index in [9.17, 15) is 5.11 Å². The zero-order chi connectivity index (χ0) is 11.0. The van der Waals surface area contributed by atoms with Crippen LogP contribution in [0.15, 0.2) is 0 Å². The second kappa shape index (κ2) is 7.24. The molecule has 0 heterocycles. The maximum atomic E-state index is 10.1. The summed E-state index contributed by atoms with van der Waals surface area (Å²) >= 11 is 0. The lowest BCUT2D eigenvalue weighted by Gasteiger charge is -2.27. The molecule has 0 rings (SSSR count). The van der Waals surface area contributed by atoms with Crippen LogP contribution in [0.5, 0.6) is 0 Å². The van der Waals surface area contributed by atoms with Crippen LogP contribution in [0.3, 0.4) is 0 Å². The molecule has 0 aromatic heterocycles. The zero-order valence-corrected chi connectivity index (χ0v) is 9.92. The van der Waals surface area contributed by atoms with E-state index in [0.29, 0.717) is 6.42 Å². The van der Waals surface area contributed by atoms with Gasteiger partial charge in [0.05, 0.1) is 5.60 Å². The minimum Gasteiger partial charge on any atom is -0.396 e. The predicted octanol–water partition coefficient (Wildman–Crippen LogP) is 2.73. The Balaban J connectivity index is 3.92. The van der Waals surface area contributed by atoms with Gasteiger partial charge in [-0.2, -0.15) is 0 Å². The van der Waals surface area contributed by atoms with Gasteiger partial charge in [-0.15, -0.1) is 0 Å². The van der Waals surface area contributed by atoms with E-state index in [1.165, 1.54) is 12.8 Å². The molecule has 2 heteroatoms. The minimum atomic E-state index is -0.628. The molecule has 0 aromatic rings. The van der Waals surface area contributed by atoms with Crippen molar-refractivity contribution in [3.8, 4) is 0 Å².